The van der Waals surface area contributed by atoms with Gasteiger partial charge in [0, 0.05) is 11.8 Å². The Morgan fingerprint density at radius 2 is 1.38 bits per heavy atom. The van der Waals surface area contributed by atoms with Crippen LogP contribution in [0.2, 0.25) is 0 Å². The summed E-state index contributed by atoms with van der Waals surface area (Å²) in [6, 6.07) is 10.4. The molecule has 21 heavy (non-hydrogen) atoms. The van der Waals surface area contributed by atoms with Gasteiger partial charge in [-0.1, -0.05) is 57.5 Å². The first-order chi connectivity index (χ1) is 9.59. The Balaban J connectivity index is 2.60. The van der Waals surface area contributed by atoms with Crippen LogP contribution in [-0.4, -0.2) is 20.7 Å². The molecule has 1 nitrogen and oxygen atoms in total. The minimum atomic E-state index is -0.467. The maximum atomic E-state index is 6.34. The van der Waals surface area contributed by atoms with E-state index in [2.05, 4.69) is 42.2 Å². The van der Waals surface area contributed by atoms with Crippen molar-refractivity contribution >= 4 is 15.7 Å². The number of hydrogen-bond acceptors (Lipinski definition) is 1. The first-order valence-corrected chi connectivity index (χ1v) is 7.25. The average molecular weight is 273 g/mol. The average Bonchev–Trinajstić information content (AvgIpc) is 2.37. The second-order valence-electron chi connectivity index (χ2n) is 6.92. The van der Waals surface area contributed by atoms with Crippen molar-refractivity contribution in [1.29, 1.82) is 0 Å². The van der Waals surface area contributed by atoms with Crippen molar-refractivity contribution < 1.29 is 0 Å². The van der Waals surface area contributed by atoms with Crippen LogP contribution in [0.1, 0.15) is 44.4 Å². The van der Waals surface area contributed by atoms with Crippen LogP contribution in [0.4, 0.5) is 0 Å². The van der Waals surface area contributed by atoms with Gasteiger partial charge in [0.1, 0.15) is 0 Å². The largest absolute Gasteiger partial charge is 0.256 e. The number of benzene rings is 1. The second-order valence-corrected chi connectivity index (χ2v) is 6.92. The van der Waals surface area contributed by atoms with Gasteiger partial charge in [0.2, 0.25) is 0 Å². The molecule has 0 aliphatic carbocycles. The van der Waals surface area contributed by atoms with E-state index in [0.29, 0.717) is 0 Å². The summed E-state index contributed by atoms with van der Waals surface area (Å²) in [7, 11) is 12.6. The van der Waals surface area contributed by atoms with Gasteiger partial charge in [-0.25, -0.2) is 0 Å². The fourth-order valence-corrected chi connectivity index (χ4v) is 2.38. The summed E-state index contributed by atoms with van der Waals surface area (Å²) in [6.07, 6.45) is 1.86. The molecule has 1 aromatic heterocycles. The molecule has 2 rings (SSSR count). The van der Waals surface area contributed by atoms with Gasteiger partial charge < -0.3 is 0 Å². The van der Waals surface area contributed by atoms with E-state index < -0.39 is 10.6 Å². The fraction of sp³-hybridized carbons (Fsp3) is 0.389. The Morgan fingerprint density at radius 3 is 1.86 bits per heavy atom. The molecule has 1 heterocycles. The number of aromatic nitrogens is 1. The summed E-state index contributed by atoms with van der Waals surface area (Å²) < 4.78 is 0. The molecule has 2 aromatic rings. The Labute approximate surface area is 131 Å². The molecule has 4 radical (unpaired) electrons. The van der Waals surface area contributed by atoms with Gasteiger partial charge in [-0.05, 0) is 34.7 Å². The highest BCUT2D eigenvalue weighted by Gasteiger charge is 2.25. The lowest BCUT2D eigenvalue weighted by Crippen LogP contribution is -2.27. The summed E-state index contributed by atoms with van der Waals surface area (Å²) in [4.78, 5) is 4.58. The molecule has 0 amide bonds. The smallest absolute Gasteiger partial charge is 0.0803 e. The second kappa shape index (κ2) is 5.36. The summed E-state index contributed by atoms with van der Waals surface area (Å²) in [5.41, 5.74) is 5.29. The van der Waals surface area contributed by atoms with Crippen molar-refractivity contribution in [2.75, 3.05) is 0 Å². The Hall–Kier alpha value is -1.50. The lowest BCUT2D eigenvalue weighted by atomic mass is 9.59. The normalized spacial score (nSPS) is 12.4. The number of nitrogens with zero attached hydrogens (tertiary/aromatic N) is 1. The van der Waals surface area contributed by atoms with Crippen LogP contribution < -0.4 is 0 Å². The van der Waals surface area contributed by atoms with E-state index in [1.807, 2.05) is 33.9 Å². The molecule has 0 atom stereocenters. The minimum absolute atomic E-state index is 0.464. The van der Waals surface area contributed by atoms with Crippen molar-refractivity contribution in [3.05, 3.63) is 53.2 Å². The lowest BCUT2D eigenvalue weighted by molar-refractivity contribution is 0.687. The van der Waals surface area contributed by atoms with E-state index in [-0.39, 0.29) is 0 Å². The number of pyridine rings is 1. The van der Waals surface area contributed by atoms with Crippen LogP contribution in [0, 0.1) is 6.92 Å². The van der Waals surface area contributed by atoms with E-state index in [4.69, 9.17) is 15.7 Å². The molecule has 0 aliphatic rings. The zero-order chi connectivity index (χ0) is 15.8. The summed E-state index contributed by atoms with van der Waals surface area (Å²) in [5.74, 6) is 0. The molecule has 0 N–H and O–H groups in total. The molecule has 0 spiro atoms. The first-order valence-electron chi connectivity index (χ1n) is 7.25. The molecule has 0 fully saturated rings. The van der Waals surface area contributed by atoms with Crippen molar-refractivity contribution in [1.82, 2.24) is 4.98 Å². The van der Waals surface area contributed by atoms with Crippen LogP contribution in [0.25, 0.3) is 11.3 Å². The molecule has 0 bridgehead atoms. The minimum Gasteiger partial charge on any atom is -0.256 e. The van der Waals surface area contributed by atoms with Crippen LogP contribution in [0.3, 0.4) is 0 Å². The Kier molecular flexibility index (Phi) is 4.06. The van der Waals surface area contributed by atoms with E-state index in [1.54, 1.807) is 0 Å². The highest BCUT2D eigenvalue weighted by Crippen LogP contribution is 2.33. The SMILES string of the molecule is [B]C(C)(C)c1cnc(-c2ccc(C)cc2)cc1C([B])(C)C. The van der Waals surface area contributed by atoms with Gasteiger partial charge >= 0.3 is 0 Å². The third kappa shape index (κ3) is 3.58. The van der Waals surface area contributed by atoms with Crippen LogP contribution in [0.15, 0.2) is 36.5 Å². The third-order valence-electron chi connectivity index (χ3n) is 3.64. The Morgan fingerprint density at radius 1 is 0.857 bits per heavy atom. The molecular formula is C18H21B2N. The van der Waals surface area contributed by atoms with E-state index in [0.717, 1.165) is 22.4 Å². The molecule has 104 valence electrons. The standard InChI is InChI=1S/C18H21B2N/c1-12-6-8-13(9-7-12)16-10-14(17(2,3)19)15(11-21-16)18(4,5)20/h6-11H,1-5H3. The van der Waals surface area contributed by atoms with Crippen molar-refractivity contribution in [3.8, 4) is 11.3 Å². The van der Waals surface area contributed by atoms with E-state index >= 15 is 0 Å². The zero-order valence-corrected chi connectivity index (χ0v) is 13.6. The van der Waals surface area contributed by atoms with Crippen LogP contribution >= 0.6 is 0 Å². The van der Waals surface area contributed by atoms with Crippen molar-refractivity contribution in [2.24, 2.45) is 0 Å². The third-order valence-corrected chi connectivity index (χ3v) is 3.64. The lowest BCUT2D eigenvalue weighted by Gasteiger charge is -2.30. The molecule has 0 saturated carbocycles. The molecule has 0 saturated heterocycles. The van der Waals surface area contributed by atoms with Gasteiger partial charge in [-0.2, -0.15) is 0 Å². The van der Waals surface area contributed by atoms with Gasteiger partial charge in [0.25, 0.3) is 0 Å². The predicted octanol–water partition coefficient (Wildman–Crippen LogP) is 3.86. The summed E-state index contributed by atoms with van der Waals surface area (Å²) in [5, 5.41) is -0.931. The van der Waals surface area contributed by atoms with Gasteiger partial charge in [0.05, 0.1) is 21.4 Å². The Bertz CT molecular complexity index is 632. The zero-order valence-electron chi connectivity index (χ0n) is 13.6. The van der Waals surface area contributed by atoms with Gasteiger partial charge in [0.15, 0.2) is 0 Å². The van der Waals surface area contributed by atoms with Gasteiger partial charge in [-0.15, -0.1) is 0 Å². The maximum absolute atomic E-state index is 6.34. The van der Waals surface area contributed by atoms with Crippen molar-refractivity contribution in [3.63, 3.8) is 0 Å². The molecule has 3 heteroatoms. The summed E-state index contributed by atoms with van der Waals surface area (Å²) in [6.45, 7) is 10.0. The van der Waals surface area contributed by atoms with Crippen molar-refractivity contribution in [2.45, 2.75) is 45.2 Å². The number of rotatable bonds is 3. The van der Waals surface area contributed by atoms with E-state index in [1.165, 1.54) is 5.56 Å². The number of aryl methyl sites for hydroxylation is 1. The predicted molar refractivity (Wildman–Crippen MR) is 92.0 cm³/mol. The fourth-order valence-electron chi connectivity index (χ4n) is 2.38. The van der Waals surface area contributed by atoms with Gasteiger partial charge in [-0.3, -0.25) is 4.98 Å². The molecular weight excluding hydrogens is 252 g/mol. The first kappa shape index (κ1) is 15.9. The summed E-state index contributed by atoms with van der Waals surface area (Å²) >= 11 is 0. The van der Waals surface area contributed by atoms with Crippen LogP contribution in [0.5, 0.6) is 0 Å². The highest BCUT2D eigenvalue weighted by molar-refractivity contribution is 6.17. The van der Waals surface area contributed by atoms with Crippen LogP contribution in [-0.2, 0) is 10.6 Å². The van der Waals surface area contributed by atoms with E-state index in [9.17, 15) is 0 Å². The molecule has 0 unspecified atom stereocenters. The topological polar surface area (TPSA) is 12.9 Å². The molecule has 1 aromatic carbocycles. The monoisotopic (exact) mass is 273 g/mol. The highest BCUT2D eigenvalue weighted by atomic mass is 14.7. The molecule has 0 aliphatic heterocycles. The number of hydrogen-bond donors (Lipinski definition) is 0. The quantitative estimate of drug-likeness (QED) is 0.773. The maximum Gasteiger partial charge on any atom is 0.0803 e.